The predicted octanol–water partition coefficient (Wildman–Crippen LogP) is 2.69. The Kier molecular flexibility index (Phi) is 9.98. The minimum atomic E-state index is -2.29. The third-order valence-electron chi connectivity index (χ3n) is 2.64. The lowest BCUT2D eigenvalue weighted by molar-refractivity contribution is -0.135. The molecule has 0 aromatic carbocycles. The molecule has 5 nitrogen and oxygen atoms in total. The van der Waals surface area contributed by atoms with Crippen LogP contribution in [0.2, 0.25) is 0 Å². The van der Waals surface area contributed by atoms with Crippen LogP contribution in [0.25, 0.3) is 0 Å². The fourth-order valence-electron chi connectivity index (χ4n) is 1.07. The van der Waals surface area contributed by atoms with E-state index >= 15 is 0 Å². The molecule has 0 N–H and O–H groups in total. The molecule has 0 rings (SSSR count). The Morgan fingerprint density at radius 3 is 2.00 bits per heavy atom. The lowest BCUT2D eigenvalue weighted by Crippen LogP contribution is -2.33. The zero-order valence-electron chi connectivity index (χ0n) is 12.8. The number of carbonyl (C=O) groups excluding carboxylic acids is 1. The van der Waals surface area contributed by atoms with E-state index in [1.165, 1.54) is 13.2 Å². The number of methoxy groups -OCH3 is 1. The summed E-state index contributed by atoms with van der Waals surface area (Å²) in [6, 6.07) is 0. The van der Waals surface area contributed by atoms with Gasteiger partial charge >= 0.3 is 21.1 Å². The van der Waals surface area contributed by atoms with Crippen molar-refractivity contribution in [2.45, 2.75) is 59.7 Å². The van der Waals surface area contributed by atoms with E-state index in [4.69, 9.17) is 11.4 Å². The molecule has 0 bridgehead atoms. The van der Waals surface area contributed by atoms with Crippen LogP contribution in [-0.4, -0.2) is 40.4 Å². The summed E-state index contributed by atoms with van der Waals surface area (Å²) in [5.74, 6) is 0.00690. The van der Waals surface area contributed by atoms with Gasteiger partial charge in [0.25, 0.3) is 0 Å². The molecule has 0 heterocycles. The summed E-state index contributed by atoms with van der Waals surface area (Å²) in [7, 11) is 1.33. The number of hydrogen-bond acceptors (Lipinski definition) is 5. The molecule has 0 radical (unpaired) electrons. The van der Waals surface area contributed by atoms with Crippen molar-refractivity contribution in [1.29, 1.82) is 0 Å². The zero-order chi connectivity index (χ0) is 14.8. The summed E-state index contributed by atoms with van der Waals surface area (Å²) in [5.41, 5.74) is 0. The van der Waals surface area contributed by atoms with E-state index in [1.54, 1.807) is 6.92 Å². The molecule has 0 aliphatic rings. The van der Waals surface area contributed by atoms with Gasteiger partial charge in [-0.15, -0.1) is 0 Å². The molecule has 110 valence electrons. The highest BCUT2D eigenvalue weighted by molar-refractivity contribution is 6.37. The average molecular weight is 288 g/mol. The molecule has 0 fully saturated rings. The Balaban J connectivity index is 4.55. The maximum Gasteiger partial charge on any atom is 1.00 e. The van der Waals surface area contributed by atoms with Crippen LogP contribution < -0.4 is 0 Å². The van der Waals surface area contributed by atoms with Gasteiger partial charge < -0.3 is 16.1 Å². The smallest absolute Gasteiger partial charge is 0.602 e. The molecule has 2 unspecified atom stereocenters. The molecule has 0 saturated carbocycles. The van der Waals surface area contributed by atoms with Crippen LogP contribution >= 0.6 is 0 Å². The Labute approximate surface area is 121 Å². The summed E-state index contributed by atoms with van der Waals surface area (Å²) in [4.78, 5) is 11.1. The molecule has 19 heavy (non-hydrogen) atoms. The lowest BCUT2D eigenvalue weighted by atomic mass is 10.3. The third kappa shape index (κ3) is 9.06. The fourth-order valence-corrected chi connectivity index (χ4v) is 2.76. The molecule has 6 heteroatoms. The Hall–Kier alpha value is -0.538. The largest absolute Gasteiger partial charge is 1.00 e. The second-order valence-corrected chi connectivity index (χ2v) is 5.75. The van der Waals surface area contributed by atoms with E-state index in [0.29, 0.717) is 5.76 Å². The van der Waals surface area contributed by atoms with Crippen molar-refractivity contribution in [2.75, 3.05) is 7.11 Å². The maximum absolute atomic E-state index is 11.1. The number of allylic oxidation sites excluding steroid dienone is 1. The first-order valence-corrected chi connectivity index (χ1v) is 8.08. The van der Waals surface area contributed by atoms with Gasteiger partial charge in [0.15, 0.2) is 0 Å². The van der Waals surface area contributed by atoms with Crippen LogP contribution in [0.15, 0.2) is 11.8 Å². The molecular formula is C13H25AlO5. The number of carbonyl (C=O) groups is 1. The monoisotopic (exact) mass is 288 g/mol. The minimum Gasteiger partial charge on any atom is -0.602 e. The Bertz CT molecular complexity index is 281. The molecule has 0 aromatic rings. The first-order chi connectivity index (χ1) is 8.92. The van der Waals surface area contributed by atoms with Crippen molar-refractivity contribution in [3.05, 3.63) is 11.8 Å². The fraction of sp³-hybridized carbons (Fsp3) is 0.769. The summed E-state index contributed by atoms with van der Waals surface area (Å²) in [5, 5.41) is 0. The first kappa shape index (κ1) is 18.5. The molecule has 0 aliphatic heterocycles. The van der Waals surface area contributed by atoms with E-state index in [1.807, 2.05) is 27.7 Å². The second kappa shape index (κ2) is 10.3. The molecule has 0 amide bonds. The third-order valence-corrected chi connectivity index (χ3v) is 4.58. The first-order valence-electron chi connectivity index (χ1n) is 6.66. The standard InChI is InChI=1S/C5H8O3.2C4H9O.Al/c1-4(6)3-5(7)8-2;2*1-3-4(2)5;/h3,6H,1-2H3;2*4H,3H2,1-2H3;/q;2*-1;+3/p-1/b4-3-;;;. The average Bonchev–Trinajstić information content (AvgIpc) is 2.37. The number of esters is 1. The molecule has 0 aromatic heterocycles. The van der Waals surface area contributed by atoms with Gasteiger partial charge in [0, 0.05) is 12.2 Å². The number of ether oxygens (including phenoxy) is 1. The van der Waals surface area contributed by atoms with Gasteiger partial charge in [0.2, 0.25) is 0 Å². The molecule has 0 spiro atoms. The van der Waals surface area contributed by atoms with Gasteiger partial charge in [0.05, 0.1) is 18.9 Å². The highest BCUT2D eigenvalue weighted by Crippen LogP contribution is 2.10. The van der Waals surface area contributed by atoms with Crippen LogP contribution in [-0.2, 0) is 20.9 Å². The van der Waals surface area contributed by atoms with E-state index < -0.39 is 21.1 Å². The molecular weight excluding hydrogens is 263 g/mol. The Morgan fingerprint density at radius 2 is 1.63 bits per heavy atom. The SMILES string of the molecule is CCC(C)[O][Al]([O]/C(C)=C\C(=O)OC)[O]C(C)CC. The van der Waals surface area contributed by atoms with Gasteiger partial charge in [-0.05, 0) is 33.6 Å². The molecule has 2 atom stereocenters. The van der Waals surface area contributed by atoms with Crippen molar-refractivity contribution in [2.24, 2.45) is 0 Å². The van der Waals surface area contributed by atoms with Crippen molar-refractivity contribution in [1.82, 2.24) is 0 Å². The maximum atomic E-state index is 11.1. The van der Waals surface area contributed by atoms with Crippen molar-refractivity contribution in [3.8, 4) is 0 Å². The lowest BCUT2D eigenvalue weighted by Gasteiger charge is -2.21. The van der Waals surface area contributed by atoms with Crippen molar-refractivity contribution >= 4 is 21.1 Å². The van der Waals surface area contributed by atoms with E-state index in [2.05, 4.69) is 4.74 Å². The normalized spacial score (nSPS) is 14.7. The minimum absolute atomic E-state index is 0.0756. The van der Waals surface area contributed by atoms with E-state index in [-0.39, 0.29) is 12.2 Å². The topological polar surface area (TPSA) is 54.0 Å². The quantitative estimate of drug-likeness (QED) is 0.282. The van der Waals surface area contributed by atoms with Crippen molar-refractivity contribution in [3.63, 3.8) is 0 Å². The summed E-state index contributed by atoms with van der Waals surface area (Å²) < 4.78 is 21.7. The van der Waals surface area contributed by atoms with E-state index in [9.17, 15) is 4.79 Å². The van der Waals surface area contributed by atoms with Crippen LogP contribution in [0.3, 0.4) is 0 Å². The van der Waals surface area contributed by atoms with Gasteiger partial charge in [-0.2, -0.15) is 0 Å². The van der Waals surface area contributed by atoms with Gasteiger partial charge in [0.1, 0.15) is 0 Å². The highest BCUT2D eigenvalue weighted by atomic mass is 27.3. The van der Waals surface area contributed by atoms with Gasteiger partial charge in [-0.1, -0.05) is 13.8 Å². The van der Waals surface area contributed by atoms with Crippen LogP contribution in [0.1, 0.15) is 47.5 Å². The van der Waals surface area contributed by atoms with Crippen LogP contribution in [0.5, 0.6) is 0 Å². The summed E-state index contributed by atoms with van der Waals surface area (Å²) in [6.07, 6.45) is 3.21. The predicted molar refractivity (Wildman–Crippen MR) is 74.3 cm³/mol. The molecule has 0 aliphatic carbocycles. The van der Waals surface area contributed by atoms with Gasteiger partial charge in [-0.3, -0.25) is 0 Å². The van der Waals surface area contributed by atoms with Crippen LogP contribution in [0, 0.1) is 0 Å². The van der Waals surface area contributed by atoms with E-state index in [0.717, 1.165) is 12.8 Å². The number of hydrogen-bond donors (Lipinski definition) is 0. The number of rotatable bonds is 9. The molecule has 0 saturated heterocycles. The highest BCUT2D eigenvalue weighted by Gasteiger charge is 2.38. The zero-order valence-corrected chi connectivity index (χ0v) is 13.9. The summed E-state index contributed by atoms with van der Waals surface area (Å²) >= 11 is -2.29. The van der Waals surface area contributed by atoms with Crippen molar-refractivity contribution < 1.29 is 20.9 Å². The van der Waals surface area contributed by atoms with Gasteiger partial charge in [-0.25, -0.2) is 4.79 Å². The van der Waals surface area contributed by atoms with Crippen LogP contribution in [0.4, 0.5) is 0 Å². The summed E-state index contributed by atoms with van der Waals surface area (Å²) in [6.45, 7) is 9.72. The Morgan fingerprint density at radius 1 is 1.16 bits per heavy atom. The second-order valence-electron chi connectivity index (χ2n) is 4.39.